The van der Waals surface area contributed by atoms with Crippen LogP contribution >= 0.6 is 11.6 Å². The number of halogens is 1. The average molecular weight is 370 g/mol. The third kappa shape index (κ3) is 3.57. The van der Waals surface area contributed by atoms with Crippen LogP contribution in [0.3, 0.4) is 0 Å². The van der Waals surface area contributed by atoms with Crippen molar-refractivity contribution in [1.29, 1.82) is 0 Å². The minimum atomic E-state index is -0.491. The Kier molecular flexibility index (Phi) is 5.55. The molecule has 0 saturated carbocycles. The van der Waals surface area contributed by atoms with E-state index in [-0.39, 0.29) is 17.3 Å². The normalized spacial score (nSPS) is 15.0. The van der Waals surface area contributed by atoms with Crippen LogP contribution in [0.2, 0.25) is 5.02 Å². The number of carbonyl (C=O) groups is 2. The van der Waals surface area contributed by atoms with Gasteiger partial charge in [0.1, 0.15) is 0 Å². The van der Waals surface area contributed by atoms with Crippen molar-refractivity contribution in [2.45, 2.75) is 26.4 Å². The first kappa shape index (κ1) is 18.4. The third-order valence-corrected chi connectivity index (χ3v) is 4.50. The van der Waals surface area contributed by atoms with Crippen LogP contribution in [0.15, 0.2) is 59.8 Å². The second-order valence-electron chi connectivity index (χ2n) is 6.14. The number of ether oxygens (including phenoxy) is 1. The second-order valence-corrected chi connectivity index (χ2v) is 6.57. The molecule has 0 aromatic heterocycles. The first-order valence-electron chi connectivity index (χ1n) is 8.59. The van der Waals surface area contributed by atoms with Gasteiger partial charge in [0, 0.05) is 28.4 Å². The Morgan fingerprint density at radius 3 is 2.23 bits per heavy atom. The third-order valence-electron chi connectivity index (χ3n) is 4.25. The zero-order valence-corrected chi connectivity index (χ0v) is 15.5. The molecule has 0 amide bonds. The highest BCUT2D eigenvalue weighted by Gasteiger charge is 2.35. The lowest BCUT2D eigenvalue weighted by molar-refractivity contribution is 0.0757. The average Bonchev–Trinajstić information content (AvgIpc) is 2.66. The van der Waals surface area contributed by atoms with E-state index in [0.29, 0.717) is 34.0 Å². The minimum absolute atomic E-state index is 0.180. The van der Waals surface area contributed by atoms with E-state index in [9.17, 15) is 9.59 Å². The molecule has 0 bridgehead atoms. The Labute approximate surface area is 157 Å². The standard InChI is InChI=1S/C21H20ClNO3/c1-3-12-26-13(2)18-19(23-15-10-8-14(22)9-11-15)21(25)17-7-5-4-6-16(17)20(18)24/h4-11,13,23H,3,12H2,1-2H3. The maximum atomic E-state index is 13.1. The lowest BCUT2D eigenvalue weighted by Gasteiger charge is -2.25. The summed E-state index contributed by atoms with van der Waals surface area (Å²) in [4.78, 5) is 26.1. The number of allylic oxidation sites excluding steroid dienone is 1. The SMILES string of the molecule is CCCOC(C)C1=C(Nc2ccc(Cl)cc2)C(=O)c2ccccc2C1=O. The smallest absolute Gasteiger partial charge is 0.210 e. The van der Waals surface area contributed by atoms with Gasteiger partial charge in [0.25, 0.3) is 0 Å². The molecular formula is C21H20ClNO3. The molecule has 1 atom stereocenters. The molecule has 0 aliphatic heterocycles. The zero-order valence-electron chi connectivity index (χ0n) is 14.7. The quantitative estimate of drug-likeness (QED) is 0.786. The maximum Gasteiger partial charge on any atom is 0.210 e. The van der Waals surface area contributed by atoms with E-state index >= 15 is 0 Å². The summed E-state index contributed by atoms with van der Waals surface area (Å²) >= 11 is 5.93. The molecule has 26 heavy (non-hydrogen) atoms. The Morgan fingerprint density at radius 1 is 1.00 bits per heavy atom. The van der Waals surface area contributed by atoms with Gasteiger partial charge in [0.2, 0.25) is 5.78 Å². The van der Waals surface area contributed by atoms with Crippen molar-refractivity contribution >= 4 is 28.9 Å². The Hall–Kier alpha value is -2.43. The second kappa shape index (κ2) is 7.85. The number of hydrogen-bond acceptors (Lipinski definition) is 4. The molecule has 2 aromatic rings. The number of rotatable bonds is 6. The number of ketones is 2. The fourth-order valence-corrected chi connectivity index (χ4v) is 3.09. The van der Waals surface area contributed by atoms with E-state index in [1.54, 1.807) is 55.5 Å². The maximum absolute atomic E-state index is 13.1. The van der Waals surface area contributed by atoms with Crippen molar-refractivity contribution in [1.82, 2.24) is 0 Å². The summed E-state index contributed by atoms with van der Waals surface area (Å²) in [5, 5.41) is 3.71. The predicted octanol–water partition coefficient (Wildman–Crippen LogP) is 4.90. The number of Topliss-reactive ketones (excluding diaryl/α,β-unsaturated/α-hetero) is 2. The molecule has 5 heteroatoms. The topological polar surface area (TPSA) is 55.4 Å². The Morgan fingerprint density at radius 2 is 1.62 bits per heavy atom. The first-order chi connectivity index (χ1) is 12.5. The van der Waals surface area contributed by atoms with Crippen molar-refractivity contribution in [2.75, 3.05) is 11.9 Å². The number of fused-ring (bicyclic) bond motifs is 1. The van der Waals surface area contributed by atoms with Gasteiger partial charge in [-0.25, -0.2) is 0 Å². The largest absolute Gasteiger partial charge is 0.374 e. The summed E-state index contributed by atoms with van der Waals surface area (Å²) in [6.45, 7) is 4.31. The van der Waals surface area contributed by atoms with Gasteiger partial charge in [-0.3, -0.25) is 9.59 Å². The minimum Gasteiger partial charge on any atom is -0.374 e. The van der Waals surface area contributed by atoms with Gasteiger partial charge in [-0.1, -0.05) is 42.8 Å². The number of benzene rings is 2. The van der Waals surface area contributed by atoms with E-state index in [4.69, 9.17) is 16.3 Å². The van der Waals surface area contributed by atoms with E-state index in [1.165, 1.54) is 0 Å². The van der Waals surface area contributed by atoms with Crippen LogP contribution in [0.25, 0.3) is 0 Å². The van der Waals surface area contributed by atoms with Gasteiger partial charge in [-0.2, -0.15) is 0 Å². The van der Waals surface area contributed by atoms with E-state index < -0.39 is 6.10 Å². The van der Waals surface area contributed by atoms with Crippen LogP contribution in [0, 0.1) is 0 Å². The Bertz CT molecular complexity index is 871. The highest BCUT2D eigenvalue weighted by Crippen LogP contribution is 2.30. The summed E-state index contributed by atoms with van der Waals surface area (Å²) in [7, 11) is 0. The predicted molar refractivity (Wildman–Crippen MR) is 103 cm³/mol. The van der Waals surface area contributed by atoms with Crippen LogP contribution in [0.5, 0.6) is 0 Å². The molecule has 134 valence electrons. The van der Waals surface area contributed by atoms with Gasteiger partial charge in [-0.05, 0) is 37.6 Å². The van der Waals surface area contributed by atoms with Crippen LogP contribution in [-0.4, -0.2) is 24.3 Å². The van der Waals surface area contributed by atoms with Crippen LogP contribution < -0.4 is 5.32 Å². The van der Waals surface area contributed by atoms with Crippen molar-refractivity contribution in [3.05, 3.63) is 76.0 Å². The van der Waals surface area contributed by atoms with Crippen molar-refractivity contribution in [3.8, 4) is 0 Å². The Balaban J connectivity index is 2.07. The summed E-state index contributed by atoms with van der Waals surface area (Å²) in [6, 6.07) is 13.9. The van der Waals surface area contributed by atoms with Crippen molar-refractivity contribution < 1.29 is 14.3 Å². The molecule has 4 nitrogen and oxygen atoms in total. The highest BCUT2D eigenvalue weighted by molar-refractivity contribution is 6.30. The summed E-state index contributed by atoms with van der Waals surface area (Å²) in [5.74, 6) is -0.391. The van der Waals surface area contributed by atoms with Crippen LogP contribution in [0.1, 0.15) is 41.0 Å². The number of anilines is 1. The van der Waals surface area contributed by atoms with Gasteiger partial charge >= 0.3 is 0 Å². The molecular weight excluding hydrogens is 350 g/mol. The first-order valence-corrected chi connectivity index (χ1v) is 8.97. The monoisotopic (exact) mass is 369 g/mol. The van der Waals surface area contributed by atoms with Crippen LogP contribution in [-0.2, 0) is 4.74 Å². The molecule has 1 unspecified atom stereocenters. The molecule has 0 fully saturated rings. The zero-order chi connectivity index (χ0) is 18.7. The molecule has 2 aromatic carbocycles. The van der Waals surface area contributed by atoms with Crippen LogP contribution in [0.4, 0.5) is 5.69 Å². The van der Waals surface area contributed by atoms with Crippen molar-refractivity contribution in [2.24, 2.45) is 0 Å². The summed E-state index contributed by atoms with van der Waals surface area (Å²) < 4.78 is 5.76. The van der Waals surface area contributed by atoms with E-state index in [2.05, 4.69) is 5.32 Å². The molecule has 0 radical (unpaired) electrons. The van der Waals surface area contributed by atoms with Gasteiger partial charge in [-0.15, -0.1) is 0 Å². The fraction of sp³-hybridized carbons (Fsp3) is 0.238. The lowest BCUT2D eigenvalue weighted by Crippen LogP contribution is -2.32. The fourth-order valence-electron chi connectivity index (χ4n) is 2.96. The highest BCUT2D eigenvalue weighted by atomic mass is 35.5. The number of nitrogens with one attached hydrogen (secondary N) is 1. The van der Waals surface area contributed by atoms with Crippen molar-refractivity contribution in [3.63, 3.8) is 0 Å². The molecule has 3 rings (SSSR count). The molecule has 0 spiro atoms. The van der Waals surface area contributed by atoms with E-state index in [0.717, 1.165) is 6.42 Å². The van der Waals surface area contributed by atoms with Gasteiger partial charge < -0.3 is 10.1 Å². The molecule has 0 saturated heterocycles. The van der Waals surface area contributed by atoms with Gasteiger partial charge in [0.05, 0.1) is 17.4 Å². The summed E-state index contributed by atoms with van der Waals surface area (Å²) in [6.07, 6.45) is 0.339. The molecule has 1 aliphatic rings. The molecule has 1 aliphatic carbocycles. The number of hydrogen-bond donors (Lipinski definition) is 1. The molecule has 0 heterocycles. The lowest BCUT2D eigenvalue weighted by atomic mass is 9.85. The molecule has 1 N–H and O–H groups in total. The number of carbonyl (C=O) groups excluding carboxylic acids is 2. The summed E-state index contributed by atoms with van der Waals surface area (Å²) in [5.41, 5.74) is 2.13. The van der Waals surface area contributed by atoms with E-state index in [1.807, 2.05) is 6.92 Å². The van der Waals surface area contributed by atoms with Gasteiger partial charge in [0.15, 0.2) is 5.78 Å².